The van der Waals surface area contributed by atoms with Gasteiger partial charge in [0, 0.05) is 12.1 Å². The van der Waals surface area contributed by atoms with Crippen molar-refractivity contribution in [3.8, 4) is 5.75 Å². The second-order valence-corrected chi connectivity index (χ2v) is 8.92. The maximum absolute atomic E-state index is 6.28. The van der Waals surface area contributed by atoms with E-state index in [1.54, 1.807) is 0 Å². The monoisotopic (exact) mass is 343 g/mol. The van der Waals surface area contributed by atoms with Crippen molar-refractivity contribution in [2.45, 2.75) is 82.8 Å². The van der Waals surface area contributed by atoms with Crippen molar-refractivity contribution >= 4 is 12.6 Å². The fourth-order valence-corrected chi connectivity index (χ4v) is 4.33. The zero-order valence-corrected chi connectivity index (χ0v) is 16.1. The molecule has 0 radical (unpaired) electrons. The highest BCUT2D eigenvalue weighted by molar-refractivity contribution is 6.62. The molecule has 4 nitrogen and oxygen atoms in total. The van der Waals surface area contributed by atoms with Gasteiger partial charge in [-0.2, -0.15) is 0 Å². The molecule has 2 bridgehead atoms. The number of hydrogen-bond acceptors (Lipinski definition) is 4. The molecule has 3 aliphatic rings. The number of fused-ring (bicyclic) bond motifs is 2. The van der Waals surface area contributed by atoms with Gasteiger partial charge in [0.15, 0.2) is 0 Å². The van der Waals surface area contributed by atoms with Gasteiger partial charge in [-0.25, -0.2) is 0 Å². The van der Waals surface area contributed by atoms with Crippen LogP contribution in [0.2, 0.25) is 0 Å². The summed E-state index contributed by atoms with van der Waals surface area (Å²) in [4.78, 5) is 2.54. The molecule has 25 heavy (non-hydrogen) atoms. The highest BCUT2D eigenvalue weighted by Crippen LogP contribution is 2.37. The van der Waals surface area contributed by atoms with E-state index >= 15 is 0 Å². The molecule has 0 saturated carbocycles. The minimum Gasteiger partial charge on any atom is -0.490 e. The molecule has 1 aromatic rings. The standard InChI is InChI=1S/C20H30BNO3/c1-19(2)20(3,4)25-21(24-19)14-6-10-17(11-7-14)23-18-12-15-8-9-16(13-18)22(15)5/h6-7,10-11,15-16,18H,8-9,12-13H2,1-5H3/t15-,16+,18-. The molecule has 0 N–H and O–H groups in total. The van der Waals surface area contributed by atoms with Gasteiger partial charge in [0.1, 0.15) is 11.9 Å². The summed E-state index contributed by atoms with van der Waals surface area (Å²) in [6.45, 7) is 8.33. The molecule has 0 unspecified atom stereocenters. The summed E-state index contributed by atoms with van der Waals surface area (Å²) in [6, 6.07) is 9.66. The third-order valence-electron chi connectivity index (χ3n) is 6.76. The van der Waals surface area contributed by atoms with Gasteiger partial charge in [0.05, 0.1) is 11.2 Å². The smallest absolute Gasteiger partial charge is 0.490 e. The number of piperidine rings is 1. The average Bonchev–Trinajstić information content (AvgIpc) is 2.88. The van der Waals surface area contributed by atoms with Gasteiger partial charge < -0.3 is 18.9 Å². The van der Waals surface area contributed by atoms with Crippen molar-refractivity contribution in [2.75, 3.05) is 7.05 Å². The Bertz CT molecular complexity index is 600. The van der Waals surface area contributed by atoms with Crippen LogP contribution in [-0.4, -0.2) is 48.5 Å². The number of nitrogens with zero attached hydrogens (tertiary/aromatic N) is 1. The molecule has 3 saturated heterocycles. The molecule has 5 heteroatoms. The SMILES string of the molecule is CN1[C@@H]2CC[C@H]1C[C@H](Oc1ccc(B3OC(C)(C)C(C)(C)O3)cc1)C2. The molecule has 3 heterocycles. The molecule has 3 atom stereocenters. The van der Waals surface area contributed by atoms with Crippen molar-refractivity contribution in [3.05, 3.63) is 24.3 Å². The number of rotatable bonds is 3. The van der Waals surface area contributed by atoms with Crippen LogP contribution >= 0.6 is 0 Å². The molecular weight excluding hydrogens is 313 g/mol. The van der Waals surface area contributed by atoms with Crippen LogP contribution in [0, 0.1) is 0 Å². The van der Waals surface area contributed by atoms with Crippen LogP contribution in [0.3, 0.4) is 0 Å². The summed E-state index contributed by atoms with van der Waals surface area (Å²) in [7, 11) is 1.95. The van der Waals surface area contributed by atoms with Crippen LogP contribution in [-0.2, 0) is 9.31 Å². The van der Waals surface area contributed by atoms with Crippen LogP contribution in [0.1, 0.15) is 53.4 Å². The Balaban J connectivity index is 1.40. The minimum absolute atomic E-state index is 0.305. The van der Waals surface area contributed by atoms with Crippen molar-refractivity contribution < 1.29 is 14.0 Å². The van der Waals surface area contributed by atoms with E-state index in [1.807, 2.05) is 0 Å². The molecule has 4 rings (SSSR count). The Labute approximate surface area is 152 Å². The summed E-state index contributed by atoms with van der Waals surface area (Å²) in [5, 5.41) is 0. The summed E-state index contributed by atoms with van der Waals surface area (Å²) in [5.41, 5.74) is 0.440. The maximum atomic E-state index is 6.28. The normalized spacial score (nSPS) is 33.6. The maximum Gasteiger partial charge on any atom is 0.494 e. The summed E-state index contributed by atoms with van der Waals surface area (Å²) in [5.74, 6) is 0.953. The van der Waals surface area contributed by atoms with Gasteiger partial charge >= 0.3 is 7.12 Å². The zero-order valence-electron chi connectivity index (χ0n) is 16.1. The van der Waals surface area contributed by atoms with Gasteiger partial charge in [0.2, 0.25) is 0 Å². The van der Waals surface area contributed by atoms with Crippen molar-refractivity contribution in [3.63, 3.8) is 0 Å². The molecule has 3 fully saturated rings. The quantitative estimate of drug-likeness (QED) is 0.790. The van der Waals surface area contributed by atoms with Crippen LogP contribution < -0.4 is 10.2 Å². The molecular formula is C20H30BNO3. The first-order chi connectivity index (χ1) is 11.7. The predicted molar refractivity (Wildman–Crippen MR) is 100 cm³/mol. The highest BCUT2D eigenvalue weighted by atomic mass is 16.7. The van der Waals surface area contributed by atoms with Crippen LogP contribution in [0.25, 0.3) is 0 Å². The average molecular weight is 343 g/mol. The number of ether oxygens (including phenoxy) is 1. The Morgan fingerprint density at radius 2 is 1.48 bits per heavy atom. The third kappa shape index (κ3) is 3.11. The fourth-order valence-electron chi connectivity index (χ4n) is 4.33. The lowest BCUT2D eigenvalue weighted by atomic mass is 9.79. The Kier molecular flexibility index (Phi) is 4.17. The molecule has 0 aliphatic carbocycles. The summed E-state index contributed by atoms with van der Waals surface area (Å²) >= 11 is 0. The Morgan fingerprint density at radius 1 is 0.960 bits per heavy atom. The van der Waals surface area contributed by atoms with E-state index in [2.05, 4.69) is 63.9 Å². The van der Waals surface area contributed by atoms with Crippen LogP contribution in [0.5, 0.6) is 5.75 Å². The minimum atomic E-state index is -0.307. The first-order valence-corrected chi connectivity index (χ1v) is 9.59. The first kappa shape index (κ1) is 17.4. The number of hydrogen-bond donors (Lipinski definition) is 0. The van der Waals surface area contributed by atoms with E-state index < -0.39 is 0 Å². The van der Waals surface area contributed by atoms with E-state index in [-0.39, 0.29) is 18.3 Å². The van der Waals surface area contributed by atoms with Gasteiger partial charge in [-0.15, -0.1) is 0 Å². The van der Waals surface area contributed by atoms with Crippen molar-refractivity contribution in [1.29, 1.82) is 0 Å². The molecule has 0 spiro atoms. The fraction of sp³-hybridized carbons (Fsp3) is 0.700. The van der Waals surface area contributed by atoms with Crippen molar-refractivity contribution in [1.82, 2.24) is 4.90 Å². The van der Waals surface area contributed by atoms with Gasteiger partial charge in [-0.05, 0) is 78.0 Å². The number of benzene rings is 1. The molecule has 136 valence electrons. The lowest BCUT2D eigenvalue weighted by Crippen LogP contribution is -2.43. The predicted octanol–water partition coefficient (Wildman–Crippen LogP) is 2.99. The molecule has 0 amide bonds. The zero-order chi connectivity index (χ0) is 17.8. The van der Waals surface area contributed by atoms with E-state index in [4.69, 9.17) is 14.0 Å². The first-order valence-electron chi connectivity index (χ1n) is 9.59. The second-order valence-electron chi connectivity index (χ2n) is 8.92. The Hall–Kier alpha value is -1.04. The third-order valence-corrected chi connectivity index (χ3v) is 6.76. The largest absolute Gasteiger partial charge is 0.494 e. The van der Waals surface area contributed by atoms with E-state index in [0.717, 1.165) is 24.1 Å². The van der Waals surface area contributed by atoms with Gasteiger partial charge in [-0.1, -0.05) is 12.1 Å². The summed E-state index contributed by atoms with van der Waals surface area (Å²) in [6.07, 6.45) is 5.28. The topological polar surface area (TPSA) is 30.9 Å². The van der Waals surface area contributed by atoms with E-state index in [0.29, 0.717) is 18.2 Å². The van der Waals surface area contributed by atoms with Crippen LogP contribution in [0.15, 0.2) is 24.3 Å². The Morgan fingerprint density at radius 3 is 2.00 bits per heavy atom. The van der Waals surface area contributed by atoms with Crippen molar-refractivity contribution in [2.24, 2.45) is 0 Å². The van der Waals surface area contributed by atoms with Gasteiger partial charge in [-0.3, -0.25) is 0 Å². The lowest BCUT2D eigenvalue weighted by Gasteiger charge is -2.36. The molecule has 1 aromatic carbocycles. The highest BCUT2D eigenvalue weighted by Gasteiger charge is 2.51. The van der Waals surface area contributed by atoms with Gasteiger partial charge in [0.25, 0.3) is 0 Å². The van der Waals surface area contributed by atoms with E-state index in [1.165, 1.54) is 12.8 Å². The lowest BCUT2D eigenvalue weighted by molar-refractivity contribution is 0.00578. The van der Waals surface area contributed by atoms with E-state index in [9.17, 15) is 0 Å². The molecule has 3 aliphatic heterocycles. The summed E-state index contributed by atoms with van der Waals surface area (Å²) < 4.78 is 18.5. The molecule has 0 aromatic heterocycles. The second kappa shape index (κ2) is 6.00. The van der Waals surface area contributed by atoms with Crippen LogP contribution in [0.4, 0.5) is 0 Å².